The third kappa shape index (κ3) is 4.33. The van der Waals surface area contributed by atoms with Crippen molar-refractivity contribution in [3.63, 3.8) is 0 Å². The highest BCUT2D eigenvalue weighted by atomic mass is 16.1. The summed E-state index contributed by atoms with van der Waals surface area (Å²) < 4.78 is 0. The molecule has 0 radical (unpaired) electrons. The lowest BCUT2D eigenvalue weighted by atomic mass is 9.79. The standard InChI is InChI=1S/C21H30N4O/c1-15-18(16(2)24-23-15)12-20(26)22-19-10-11-25(14-21(19,3)4)13-17-8-6-5-7-9-17/h5-9,19H,10-14H2,1-4H3,(H,22,26)(H,23,24). The van der Waals surface area contributed by atoms with Gasteiger partial charge in [0.05, 0.1) is 12.1 Å². The van der Waals surface area contributed by atoms with Gasteiger partial charge in [-0.15, -0.1) is 0 Å². The molecule has 0 bridgehead atoms. The van der Waals surface area contributed by atoms with Crippen LogP contribution in [0.25, 0.3) is 0 Å². The molecule has 1 aliphatic rings. The Bertz CT molecular complexity index is 731. The van der Waals surface area contributed by atoms with E-state index in [1.807, 2.05) is 13.8 Å². The monoisotopic (exact) mass is 354 g/mol. The molecule has 5 nitrogen and oxygen atoms in total. The van der Waals surface area contributed by atoms with Gasteiger partial charge in [-0.25, -0.2) is 0 Å². The summed E-state index contributed by atoms with van der Waals surface area (Å²) in [5, 5.41) is 10.4. The summed E-state index contributed by atoms with van der Waals surface area (Å²) in [6.45, 7) is 11.4. The molecule has 140 valence electrons. The molecule has 1 fully saturated rings. The quantitative estimate of drug-likeness (QED) is 0.868. The van der Waals surface area contributed by atoms with E-state index in [0.29, 0.717) is 6.42 Å². The molecule has 1 atom stereocenters. The zero-order valence-electron chi connectivity index (χ0n) is 16.3. The van der Waals surface area contributed by atoms with Crippen LogP contribution in [0.5, 0.6) is 0 Å². The minimum absolute atomic E-state index is 0.0448. The minimum Gasteiger partial charge on any atom is -0.352 e. The van der Waals surface area contributed by atoms with Gasteiger partial charge in [0.25, 0.3) is 0 Å². The number of nitrogens with zero attached hydrogens (tertiary/aromatic N) is 2. The number of aromatic amines is 1. The molecule has 0 aliphatic carbocycles. The molecule has 2 N–H and O–H groups in total. The van der Waals surface area contributed by atoms with Gasteiger partial charge in [-0.1, -0.05) is 44.2 Å². The van der Waals surface area contributed by atoms with E-state index in [9.17, 15) is 4.79 Å². The van der Waals surface area contributed by atoms with Gasteiger partial charge in [0.2, 0.25) is 5.91 Å². The van der Waals surface area contributed by atoms with Crippen molar-refractivity contribution in [3.05, 3.63) is 52.8 Å². The summed E-state index contributed by atoms with van der Waals surface area (Å²) in [6.07, 6.45) is 1.38. The molecule has 5 heteroatoms. The van der Waals surface area contributed by atoms with E-state index in [1.54, 1.807) is 0 Å². The van der Waals surface area contributed by atoms with Crippen LogP contribution in [-0.4, -0.2) is 40.1 Å². The lowest BCUT2D eigenvalue weighted by molar-refractivity contribution is -0.122. The van der Waals surface area contributed by atoms with Crippen LogP contribution >= 0.6 is 0 Å². The highest BCUT2D eigenvalue weighted by Crippen LogP contribution is 2.30. The largest absolute Gasteiger partial charge is 0.352 e. The van der Waals surface area contributed by atoms with Gasteiger partial charge in [-0.05, 0) is 31.2 Å². The van der Waals surface area contributed by atoms with Crippen molar-refractivity contribution in [2.24, 2.45) is 5.41 Å². The molecule has 2 aromatic rings. The zero-order valence-corrected chi connectivity index (χ0v) is 16.3. The summed E-state index contributed by atoms with van der Waals surface area (Å²) in [5.41, 5.74) is 4.30. The molecule has 1 saturated heterocycles. The van der Waals surface area contributed by atoms with Crippen LogP contribution < -0.4 is 5.32 Å². The second kappa shape index (κ2) is 7.62. The Morgan fingerprint density at radius 1 is 1.31 bits per heavy atom. The van der Waals surface area contributed by atoms with Gasteiger partial charge in [-0.3, -0.25) is 14.8 Å². The highest BCUT2D eigenvalue weighted by Gasteiger charge is 2.36. The summed E-state index contributed by atoms with van der Waals surface area (Å²) in [7, 11) is 0. The van der Waals surface area contributed by atoms with Gasteiger partial charge in [0.15, 0.2) is 0 Å². The number of hydrogen-bond donors (Lipinski definition) is 2. The van der Waals surface area contributed by atoms with Gasteiger partial charge < -0.3 is 5.32 Å². The fraction of sp³-hybridized carbons (Fsp3) is 0.524. The van der Waals surface area contributed by atoms with Crippen LogP contribution in [0, 0.1) is 19.3 Å². The number of piperidine rings is 1. The maximum absolute atomic E-state index is 12.6. The minimum atomic E-state index is 0.0448. The van der Waals surface area contributed by atoms with Gasteiger partial charge >= 0.3 is 0 Å². The van der Waals surface area contributed by atoms with E-state index in [-0.39, 0.29) is 17.4 Å². The van der Waals surface area contributed by atoms with Crippen LogP contribution in [0.3, 0.4) is 0 Å². The number of likely N-dealkylation sites (tertiary alicyclic amines) is 1. The average molecular weight is 354 g/mol. The number of aryl methyl sites for hydroxylation is 2. The Kier molecular flexibility index (Phi) is 5.47. The van der Waals surface area contributed by atoms with Gasteiger partial charge in [0, 0.05) is 36.9 Å². The first-order chi connectivity index (χ1) is 12.3. The zero-order chi connectivity index (χ0) is 18.7. The molecule has 1 aromatic carbocycles. The molecular formula is C21H30N4O. The van der Waals surface area contributed by atoms with E-state index < -0.39 is 0 Å². The maximum atomic E-state index is 12.6. The molecule has 0 saturated carbocycles. The summed E-state index contributed by atoms with van der Waals surface area (Å²) in [5.74, 6) is 0.0900. The van der Waals surface area contributed by atoms with Crippen molar-refractivity contribution in [2.45, 2.75) is 53.1 Å². The number of benzene rings is 1. The summed E-state index contributed by atoms with van der Waals surface area (Å²) in [6, 6.07) is 10.8. The number of carbonyl (C=O) groups is 1. The van der Waals surface area contributed by atoms with Crippen LogP contribution in [0.2, 0.25) is 0 Å². The van der Waals surface area contributed by atoms with E-state index in [2.05, 4.69) is 64.6 Å². The van der Waals surface area contributed by atoms with Crippen molar-refractivity contribution in [1.29, 1.82) is 0 Å². The number of rotatable bonds is 5. The SMILES string of the molecule is Cc1n[nH]c(C)c1CC(=O)NC1CCN(Cc2ccccc2)CC1(C)C. The van der Waals surface area contributed by atoms with Gasteiger partial charge in [-0.2, -0.15) is 5.10 Å². The highest BCUT2D eigenvalue weighted by molar-refractivity contribution is 5.79. The van der Waals surface area contributed by atoms with E-state index in [4.69, 9.17) is 0 Å². The Balaban J connectivity index is 1.57. The van der Waals surface area contributed by atoms with Crippen LogP contribution in [-0.2, 0) is 17.8 Å². The number of amides is 1. The second-order valence-corrected chi connectivity index (χ2v) is 8.18. The Morgan fingerprint density at radius 2 is 2.04 bits per heavy atom. The second-order valence-electron chi connectivity index (χ2n) is 8.18. The molecule has 0 spiro atoms. The first-order valence-corrected chi connectivity index (χ1v) is 9.41. The Labute approximate surface area is 156 Å². The topological polar surface area (TPSA) is 61.0 Å². The Morgan fingerprint density at radius 3 is 2.65 bits per heavy atom. The van der Waals surface area contributed by atoms with Crippen molar-refractivity contribution in [3.8, 4) is 0 Å². The third-order valence-electron chi connectivity index (χ3n) is 5.51. The average Bonchev–Trinajstić information content (AvgIpc) is 2.90. The normalized spacial score (nSPS) is 20.1. The lowest BCUT2D eigenvalue weighted by Gasteiger charge is -2.44. The van der Waals surface area contributed by atoms with Crippen LogP contribution in [0.4, 0.5) is 0 Å². The van der Waals surface area contributed by atoms with Gasteiger partial charge in [0.1, 0.15) is 0 Å². The fourth-order valence-corrected chi connectivity index (χ4v) is 3.95. The maximum Gasteiger partial charge on any atom is 0.224 e. The summed E-state index contributed by atoms with van der Waals surface area (Å²) >= 11 is 0. The summed E-state index contributed by atoms with van der Waals surface area (Å²) in [4.78, 5) is 15.1. The first kappa shape index (κ1) is 18.6. The van der Waals surface area contributed by atoms with Crippen molar-refractivity contribution in [2.75, 3.05) is 13.1 Å². The molecule has 2 heterocycles. The molecule has 1 amide bonds. The van der Waals surface area contributed by atoms with Crippen LogP contribution in [0.1, 0.15) is 42.8 Å². The fourth-order valence-electron chi connectivity index (χ4n) is 3.95. The number of H-pyrrole nitrogens is 1. The predicted octanol–water partition coefficient (Wildman–Crippen LogP) is 2.99. The molecular weight excluding hydrogens is 324 g/mol. The molecule has 3 rings (SSSR count). The number of aromatic nitrogens is 2. The Hall–Kier alpha value is -2.14. The third-order valence-corrected chi connectivity index (χ3v) is 5.51. The predicted molar refractivity (Wildman–Crippen MR) is 104 cm³/mol. The molecule has 1 aliphatic heterocycles. The lowest BCUT2D eigenvalue weighted by Crippen LogP contribution is -2.55. The molecule has 1 aromatic heterocycles. The van der Waals surface area contributed by atoms with E-state index in [0.717, 1.165) is 43.0 Å². The van der Waals surface area contributed by atoms with E-state index >= 15 is 0 Å². The smallest absolute Gasteiger partial charge is 0.224 e. The van der Waals surface area contributed by atoms with Crippen LogP contribution in [0.15, 0.2) is 30.3 Å². The van der Waals surface area contributed by atoms with Crippen molar-refractivity contribution >= 4 is 5.91 Å². The van der Waals surface area contributed by atoms with Crippen molar-refractivity contribution in [1.82, 2.24) is 20.4 Å². The van der Waals surface area contributed by atoms with Crippen molar-refractivity contribution < 1.29 is 4.79 Å². The molecule has 26 heavy (non-hydrogen) atoms. The number of hydrogen-bond acceptors (Lipinski definition) is 3. The number of carbonyl (C=O) groups excluding carboxylic acids is 1. The van der Waals surface area contributed by atoms with E-state index in [1.165, 1.54) is 5.56 Å². The molecule has 1 unspecified atom stereocenters. The number of nitrogens with one attached hydrogen (secondary N) is 2. The first-order valence-electron chi connectivity index (χ1n) is 9.41.